The Hall–Kier alpha value is -3.78. The molecule has 2 heterocycles. The molecular weight excluding hydrogens is 515 g/mol. The van der Waals surface area contributed by atoms with Crippen LogP contribution in [0.5, 0.6) is 0 Å². The molecule has 0 unspecified atom stereocenters. The van der Waals surface area contributed by atoms with Gasteiger partial charge in [-0.25, -0.2) is 8.42 Å². The van der Waals surface area contributed by atoms with Crippen LogP contribution in [0.25, 0.3) is 0 Å². The van der Waals surface area contributed by atoms with Crippen LogP contribution in [0, 0.1) is 16.0 Å². The van der Waals surface area contributed by atoms with E-state index < -0.39 is 32.6 Å². The number of hydrogen-bond donors (Lipinski definition) is 1. The molecule has 1 aliphatic rings. The number of sulfonamides is 1. The SMILES string of the molecule is O=C(Nc1cnn(Cc2cccc(C(F)(F)F)c2)c1)C1CCN(S(=O)(=O)c2ccc([N+](=O)[O-])cc2)CC1. The lowest BCUT2D eigenvalue weighted by atomic mass is 9.97. The van der Waals surface area contributed by atoms with Crippen LogP contribution in [-0.4, -0.2) is 46.4 Å². The Balaban J connectivity index is 1.32. The standard InChI is InChI=1S/C23H22F3N5O5S/c24-23(25,26)18-3-1-2-16(12-18)14-29-15-19(13-27-29)28-22(32)17-8-10-30(11-9-17)37(35,36)21-6-4-20(5-7-21)31(33)34/h1-7,12-13,15,17H,8-11,14H2,(H,28,32). The Kier molecular flexibility index (Phi) is 7.32. The largest absolute Gasteiger partial charge is 0.416 e. The fourth-order valence-electron chi connectivity index (χ4n) is 4.04. The quantitative estimate of drug-likeness (QED) is 0.360. The summed E-state index contributed by atoms with van der Waals surface area (Å²) in [5.41, 5.74) is -0.199. The van der Waals surface area contributed by atoms with Crippen molar-refractivity contribution in [3.63, 3.8) is 0 Å². The molecule has 1 amide bonds. The number of carbonyl (C=O) groups is 1. The first-order valence-corrected chi connectivity index (χ1v) is 12.6. The van der Waals surface area contributed by atoms with Gasteiger partial charge < -0.3 is 5.32 Å². The molecule has 196 valence electrons. The summed E-state index contributed by atoms with van der Waals surface area (Å²) in [5, 5.41) is 17.6. The fourth-order valence-corrected chi connectivity index (χ4v) is 5.51. The number of non-ortho nitro benzene ring substituents is 1. The van der Waals surface area contributed by atoms with Crippen molar-refractivity contribution >= 4 is 27.3 Å². The number of nitrogens with one attached hydrogen (secondary N) is 1. The molecule has 1 aliphatic heterocycles. The second-order valence-electron chi connectivity index (χ2n) is 8.54. The van der Waals surface area contributed by atoms with Gasteiger partial charge >= 0.3 is 6.18 Å². The Bertz CT molecular complexity index is 1400. The van der Waals surface area contributed by atoms with Gasteiger partial charge in [0.2, 0.25) is 15.9 Å². The molecular formula is C23H22F3N5O5S. The van der Waals surface area contributed by atoms with Crippen LogP contribution in [0.3, 0.4) is 0 Å². The van der Waals surface area contributed by atoms with Crippen molar-refractivity contribution in [1.82, 2.24) is 14.1 Å². The zero-order chi connectivity index (χ0) is 26.8. The van der Waals surface area contributed by atoms with Gasteiger partial charge in [0.1, 0.15) is 0 Å². The topological polar surface area (TPSA) is 127 Å². The number of carbonyl (C=O) groups excluding carboxylic acids is 1. The summed E-state index contributed by atoms with van der Waals surface area (Å²) in [4.78, 5) is 22.8. The van der Waals surface area contributed by atoms with Crippen molar-refractivity contribution in [2.45, 2.75) is 30.5 Å². The molecule has 37 heavy (non-hydrogen) atoms. The number of alkyl halides is 3. The molecule has 14 heteroatoms. The number of piperidine rings is 1. The maximum absolute atomic E-state index is 12.9. The number of aromatic nitrogens is 2. The predicted octanol–water partition coefficient (Wildman–Crippen LogP) is 3.90. The molecule has 0 bridgehead atoms. The second kappa shape index (κ2) is 10.3. The molecule has 3 aromatic rings. The van der Waals surface area contributed by atoms with Crippen LogP contribution >= 0.6 is 0 Å². The van der Waals surface area contributed by atoms with Gasteiger partial charge in [-0.05, 0) is 42.7 Å². The summed E-state index contributed by atoms with van der Waals surface area (Å²) in [7, 11) is -3.86. The number of rotatable bonds is 7. The lowest BCUT2D eigenvalue weighted by Crippen LogP contribution is -2.41. The number of anilines is 1. The van der Waals surface area contributed by atoms with E-state index in [9.17, 15) is 36.5 Å². The third-order valence-corrected chi connectivity index (χ3v) is 7.92. The zero-order valence-electron chi connectivity index (χ0n) is 19.3. The van der Waals surface area contributed by atoms with E-state index >= 15 is 0 Å². The van der Waals surface area contributed by atoms with Crippen LogP contribution in [0.4, 0.5) is 24.5 Å². The van der Waals surface area contributed by atoms with Gasteiger partial charge in [0.05, 0.1) is 33.8 Å². The highest BCUT2D eigenvalue weighted by Crippen LogP contribution is 2.30. The van der Waals surface area contributed by atoms with Crippen LogP contribution in [0.1, 0.15) is 24.0 Å². The van der Waals surface area contributed by atoms with Crippen LogP contribution in [0.15, 0.2) is 65.8 Å². The summed E-state index contributed by atoms with van der Waals surface area (Å²) in [6, 6.07) is 9.51. The molecule has 1 N–H and O–H groups in total. The summed E-state index contributed by atoms with van der Waals surface area (Å²) in [6.07, 6.45) is -1.01. The minimum Gasteiger partial charge on any atom is -0.323 e. The average Bonchev–Trinajstić information content (AvgIpc) is 3.30. The molecule has 1 aromatic heterocycles. The first kappa shape index (κ1) is 26.3. The van der Waals surface area contributed by atoms with Crippen LogP contribution < -0.4 is 5.32 Å². The number of nitrogens with zero attached hydrogens (tertiary/aromatic N) is 4. The number of amides is 1. The summed E-state index contributed by atoms with van der Waals surface area (Å²) in [6.45, 7) is 0.289. The fraction of sp³-hybridized carbons (Fsp3) is 0.304. The Morgan fingerprint density at radius 1 is 1.14 bits per heavy atom. The Morgan fingerprint density at radius 2 is 1.81 bits per heavy atom. The second-order valence-corrected chi connectivity index (χ2v) is 10.5. The van der Waals surface area contributed by atoms with E-state index in [1.54, 1.807) is 6.07 Å². The first-order valence-electron chi connectivity index (χ1n) is 11.2. The van der Waals surface area contributed by atoms with Crippen molar-refractivity contribution in [3.8, 4) is 0 Å². The number of benzene rings is 2. The highest BCUT2D eigenvalue weighted by molar-refractivity contribution is 7.89. The molecule has 0 radical (unpaired) electrons. The minimum absolute atomic E-state index is 0.0609. The number of hydrogen-bond acceptors (Lipinski definition) is 6. The molecule has 1 fully saturated rings. The average molecular weight is 538 g/mol. The maximum Gasteiger partial charge on any atom is 0.416 e. The number of halogens is 3. The highest BCUT2D eigenvalue weighted by atomic mass is 32.2. The molecule has 0 spiro atoms. The number of nitro groups is 1. The predicted molar refractivity (Wildman–Crippen MR) is 126 cm³/mol. The van der Waals surface area contributed by atoms with Gasteiger partial charge in [0.25, 0.3) is 5.69 Å². The number of nitro benzene ring substituents is 1. The van der Waals surface area contributed by atoms with Crippen LogP contribution in [-0.2, 0) is 27.5 Å². The van der Waals surface area contributed by atoms with E-state index in [1.165, 1.54) is 39.6 Å². The van der Waals surface area contributed by atoms with Gasteiger partial charge in [-0.3, -0.25) is 19.6 Å². The van der Waals surface area contributed by atoms with Crippen molar-refractivity contribution < 1.29 is 31.3 Å². The van der Waals surface area contributed by atoms with E-state index in [0.717, 1.165) is 24.3 Å². The Morgan fingerprint density at radius 3 is 2.43 bits per heavy atom. The molecule has 10 nitrogen and oxygen atoms in total. The maximum atomic E-state index is 12.9. The van der Waals surface area contributed by atoms with Crippen LogP contribution in [0.2, 0.25) is 0 Å². The molecule has 0 saturated carbocycles. The third-order valence-electron chi connectivity index (χ3n) is 6.01. The van der Waals surface area contributed by atoms with Gasteiger partial charge in [-0.15, -0.1) is 0 Å². The molecule has 2 aromatic carbocycles. The van der Waals surface area contributed by atoms with Crippen molar-refractivity contribution in [3.05, 3.63) is 82.2 Å². The molecule has 0 aliphatic carbocycles. The summed E-state index contributed by atoms with van der Waals surface area (Å²) < 4.78 is 67.1. The monoisotopic (exact) mass is 537 g/mol. The van der Waals surface area contributed by atoms with E-state index in [2.05, 4.69) is 10.4 Å². The normalized spacial score (nSPS) is 15.4. The van der Waals surface area contributed by atoms with Gasteiger partial charge in [0, 0.05) is 37.3 Å². The van der Waals surface area contributed by atoms with E-state index in [-0.39, 0.29) is 49.0 Å². The van der Waals surface area contributed by atoms with Gasteiger partial charge in [0.15, 0.2) is 0 Å². The lowest BCUT2D eigenvalue weighted by Gasteiger charge is -2.30. The van der Waals surface area contributed by atoms with Crippen molar-refractivity contribution in [2.75, 3.05) is 18.4 Å². The molecule has 0 atom stereocenters. The summed E-state index contributed by atoms with van der Waals surface area (Å²) >= 11 is 0. The zero-order valence-corrected chi connectivity index (χ0v) is 20.1. The summed E-state index contributed by atoms with van der Waals surface area (Å²) in [5.74, 6) is -0.763. The van der Waals surface area contributed by atoms with E-state index in [4.69, 9.17) is 0 Å². The van der Waals surface area contributed by atoms with Gasteiger partial charge in [-0.1, -0.05) is 12.1 Å². The highest BCUT2D eigenvalue weighted by Gasteiger charge is 2.33. The minimum atomic E-state index is -4.45. The smallest absolute Gasteiger partial charge is 0.323 e. The van der Waals surface area contributed by atoms with E-state index in [1.807, 2.05) is 0 Å². The Labute approximate surface area is 209 Å². The molecule has 4 rings (SSSR count). The molecule has 1 saturated heterocycles. The van der Waals surface area contributed by atoms with Gasteiger partial charge in [-0.2, -0.15) is 22.6 Å². The lowest BCUT2D eigenvalue weighted by molar-refractivity contribution is -0.384. The van der Waals surface area contributed by atoms with Crippen molar-refractivity contribution in [1.29, 1.82) is 0 Å². The first-order chi connectivity index (χ1) is 17.4. The van der Waals surface area contributed by atoms with Crippen molar-refractivity contribution in [2.24, 2.45) is 5.92 Å². The third kappa shape index (κ3) is 6.14. The van der Waals surface area contributed by atoms with E-state index in [0.29, 0.717) is 11.3 Å².